The number of rotatable bonds is 3. The third kappa shape index (κ3) is 3.61. The molecule has 1 atom stereocenters. The molecule has 1 N–H and O–H groups in total. The van der Waals surface area contributed by atoms with Crippen molar-refractivity contribution in [3.63, 3.8) is 0 Å². The van der Waals surface area contributed by atoms with Gasteiger partial charge in [0, 0.05) is 6.20 Å². The van der Waals surface area contributed by atoms with Crippen LogP contribution in [0.15, 0.2) is 42.6 Å². The van der Waals surface area contributed by atoms with Crippen LogP contribution in [0, 0.1) is 0 Å². The Balaban J connectivity index is 2.29. The number of aromatic nitrogens is 1. The van der Waals surface area contributed by atoms with Gasteiger partial charge in [-0.2, -0.15) is 0 Å². The van der Waals surface area contributed by atoms with Gasteiger partial charge in [0.05, 0.1) is 10.7 Å². The summed E-state index contributed by atoms with van der Waals surface area (Å²) in [5, 5.41) is 10.3. The summed E-state index contributed by atoms with van der Waals surface area (Å²) in [6, 6.07) is 8.15. The van der Waals surface area contributed by atoms with Crippen LogP contribution in [-0.2, 0) is 0 Å². The first-order valence-electron chi connectivity index (χ1n) is 5.51. The average molecular weight is 304 g/mol. The van der Waals surface area contributed by atoms with Crippen LogP contribution in [0.3, 0.4) is 0 Å². The second kappa shape index (κ2) is 5.68. The van der Waals surface area contributed by atoms with E-state index in [4.69, 9.17) is 11.6 Å². The predicted molar refractivity (Wildman–Crippen MR) is 66.4 cm³/mol. The molecule has 0 aliphatic heterocycles. The number of ether oxygens (including phenoxy) is 1. The fraction of sp³-hybridized carbons (Fsp3) is 0.154. The van der Waals surface area contributed by atoms with Gasteiger partial charge < -0.3 is 9.84 Å². The Morgan fingerprint density at radius 3 is 2.60 bits per heavy atom. The van der Waals surface area contributed by atoms with Crippen LogP contribution >= 0.6 is 11.6 Å². The molecule has 0 radical (unpaired) electrons. The fourth-order valence-electron chi connectivity index (χ4n) is 1.64. The summed E-state index contributed by atoms with van der Waals surface area (Å²) >= 11 is 5.88. The van der Waals surface area contributed by atoms with Gasteiger partial charge in [0.25, 0.3) is 0 Å². The molecule has 2 rings (SSSR count). The lowest BCUT2D eigenvalue weighted by Gasteiger charge is -2.14. The zero-order valence-electron chi connectivity index (χ0n) is 9.93. The van der Waals surface area contributed by atoms with Gasteiger partial charge in [0.1, 0.15) is 11.9 Å². The Morgan fingerprint density at radius 1 is 1.20 bits per heavy atom. The summed E-state index contributed by atoms with van der Waals surface area (Å²) in [7, 11) is 0. The molecule has 0 aliphatic rings. The third-order valence-corrected chi connectivity index (χ3v) is 2.77. The number of alkyl halides is 3. The summed E-state index contributed by atoms with van der Waals surface area (Å²) in [6.07, 6.45) is -4.59. The normalized spacial score (nSPS) is 13.1. The van der Waals surface area contributed by atoms with E-state index in [2.05, 4.69) is 9.72 Å². The lowest BCUT2D eigenvalue weighted by Crippen LogP contribution is -2.17. The fourth-order valence-corrected chi connectivity index (χ4v) is 1.86. The highest BCUT2D eigenvalue weighted by atomic mass is 35.5. The molecule has 0 saturated carbocycles. The van der Waals surface area contributed by atoms with Gasteiger partial charge in [-0.05, 0) is 29.8 Å². The molecular formula is C13H9ClF3NO2. The number of aliphatic hydroxyl groups is 1. The van der Waals surface area contributed by atoms with E-state index in [0.29, 0.717) is 0 Å². The number of nitrogens with zero attached hydrogens (tertiary/aromatic N) is 1. The maximum absolute atomic E-state index is 12.1. The van der Waals surface area contributed by atoms with Gasteiger partial charge in [-0.15, -0.1) is 13.2 Å². The first kappa shape index (κ1) is 14.6. The van der Waals surface area contributed by atoms with Crippen molar-refractivity contribution in [1.82, 2.24) is 4.98 Å². The molecule has 0 saturated heterocycles. The van der Waals surface area contributed by atoms with Gasteiger partial charge >= 0.3 is 6.36 Å². The number of benzene rings is 1. The van der Waals surface area contributed by atoms with Crippen molar-refractivity contribution in [3.05, 3.63) is 58.9 Å². The highest BCUT2D eigenvalue weighted by molar-refractivity contribution is 6.31. The van der Waals surface area contributed by atoms with E-state index in [1.807, 2.05) is 0 Å². The molecule has 0 amide bonds. The van der Waals surface area contributed by atoms with E-state index in [1.165, 1.54) is 24.4 Å². The molecule has 20 heavy (non-hydrogen) atoms. The van der Waals surface area contributed by atoms with Crippen molar-refractivity contribution in [1.29, 1.82) is 0 Å². The van der Waals surface area contributed by atoms with Crippen molar-refractivity contribution in [2.45, 2.75) is 12.5 Å². The highest BCUT2D eigenvalue weighted by Crippen LogP contribution is 2.30. The van der Waals surface area contributed by atoms with Gasteiger partial charge in [0.15, 0.2) is 0 Å². The number of halogens is 4. The molecule has 0 aliphatic carbocycles. The number of hydrogen-bond acceptors (Lipinski definition) is 3. The topological polar surface area (TPSA) is 42.4 Å². The molecule has 2 aromatic rings. The minimum atomic E-state index is -4.79. The SMILES string of the molecule is OC(c1cccc(OC(F)(F)F)c1)c1ncccc1Cl. The molecule has 3 nitrogen and oxygen atoms in total. The van der Waals surface area contributed by atoms with Crippen molar-refractivity contribution >= 4 is 11.6 Å². The first-order chi connectivity index (χ1) is 9.37. The van der Waals surface area contributed by atoms with Gasteiger partial charge in [-0.3, -0.25) is 4.98 Å². The van der Waals surface area contributed by atoms with Crippen LogP contribution in [0.25, 0.3) is 0 Å². The lowest BCUT2D eigenvalue weighted by molar-refractivity contribution is -0.274. The molecule has 106 valence electrons. The van der Waals surface area contributed by atoms with Crippen LogP contribution < -0.4 is 4.74 Å². The molecule has 1 aromatic carbocycles. The van der Waals surface area contributed by atoms with E-state index in [9.17, 15) is 18.3 Å². The molecule has 0 fully saturated rings. The minimum Gasteiger partial charge on any atom is -0.406 e. The zero-order valence-corrected chi connectivity index (χ0v) is 10.7. The van der Waals surface area contributed by atoms with E-state index >= 15 is 0 Å². The van der Waals surface area contributed by atoms with Gasteiger partial charge in [-0.25, -0.2) is 0 Å². The molecule has 0 spiro atoms. The van der Waals surface area contributed by atoms with Crippen molar-refractivity contribution in [2.75, 3.05) is 0 Å². The maximum atomic E-state index is 12.1. The van der Waals surface area contributed by atoms with Crippen molar-refractivity contribution in [2.24, 2.45) is 0 Å². The van der Waals surface area contributed by atoms with E-state index in [-0.39, 0.29) is 16.3 Å². The largest absolute Gasteiger partial charge is 0.573 e. The number of aliphatic hydroxyl groups excluding tert-OH is 1. The van der Waals surface area contributed by atoms with Crippen molar-refractivity contribution < 1.29 is 23.0 Å². The maximum Gasteiger partial charge on any atom is 0.573 e. The Morgan fingerprint density at radius 2 is 1.95 bits per heavy atom. The minimum absolute atomic E-state index is 0.165. The quantitative estimate of drug-likeness (QED) is 0.940. The highest BCUT2D eigenvalue weighted by Gasteiger charge is 2.31. The molecule has 7 heteroatoms. The third-order valence-electron chi connectivity index (χ3n) is 2.45. The van der Waals surface area contributed by atoms with E-state index < -0.39 is 18.2 Å². The summed E-state index contributed by atoms with van der Waals surface area (Å²) in [6.45, 7) is 0. The van der Waals surface area contributed by atoms with Gasteiger partial charge in [0.2, 0.25) is 0 Å². The average Bonchev–Trinajstić information content (AvgIpc) is 2.37. The Kier molecular flexibility index (Phi) is 4.15. The Labute approximate surface area is 117 Å². The second-order valence-electron chi connectivity index (χ2n) is 3.89. The van der Waals surface area contributed by atoms with Crippen LogP contribution in [0.5, 0.6) is 5.75 Å². The van der Waals surface area contributed by atoms with E-state index in [1.54, 1.807) is 6.07 Å². The van der Waals surface area contributed by atoms with Crippen LogP contribution in [0.2, 0.25) is 5.02 Å². The van der Waals surface area contributed by atoms with Crippen molar-refractivity contribution in [3.8, 4) is 5.75 Å². The number of pyridine rings is 1. The zero-order chi connectivity index (χ0) is 14.8. The molecule has 1 heterocycles. The lowest BCUT2D eigenvalue weighted by atomic mass is 10.1. The Hall–Kier alpha value is -1.79. The predicted octanol–water partition coefficient (Wildman–Crippen LogP) is 3.72. The number of hydrogen-bond donors (Lipinski definition) is 1. The second-order valence-corrected chi connectivity index (χ2v) is 4.30. The van der Waals surface area contributed by atoms with Crippen LogP contribution in [-0.4, -0.2) is 16.5 Å². The summed E-state index contributed by atoms with van der Waals surface area (Å²) in [5.41, 5.74) is 0.366. The molecular weight excluding hydrogens is 295 g/mol. The molecule has 1 unspecified atom stereocenters. The van der Waals surface area contributed by atoms with Crippen LogP contribution in [0.4, 0.5) is 13.2 Å². The van der Waals surface area contributed by atoms with Crippen LogP contribution in [0.1, 0.15) is 17.4 Å². The summed E-state index contributed by atoms with van der Waals surface area (Å²) in [4.78, 5) is 3.91. The standard InChI is InChI=1S/C13H9ClF3NO2/c14-10-5-2-6-18-11(10)12(19)8-3-1-4-9(7-8)20-13(15,16)17/h1-7,12,19H. The van der Waals surface area contributed by atoms with E-state index in [0.717, 1.165) is 12.1 Å². The molecule has 0 bridgehead atoms. The summed E-state index contributed by atoms with van der Waals surface area (Å²) in [5.74, 6) is -0.416. The van der Waals surface area contributed by atoms with Gasteiger partial charge in [-0.1, -0.05) is 23.7 Å². The first-order valence-corrected chi connectivity index (χ1v) is 5.89. The molecule has 1 aromatic heterocycles. The smallest absolute Gasteiger partial charge is 0.406 e. The Bertz CT molecular complexity index is 604. The summed E-state index contributed by atoms with van der Waals surface area (Å²) < 4.78 is 40.2. The monoisotopic (exact) mass is 303 g/mol.